The van der Waals surface area contributed by atoms with Crippen LogP contribution in [0, 0.1) is 6.92 Å². The first-order valence-corrected chi connectivity index (χ1v) is 7.60. The molecule has 0 aliphatic carbocycles. The van der Waals surface area contributed by atoms with Crippen LogP contribution in [0.5, 0.6) is 5.75 Å². The predicted octanol–water partition coefficient (Wildman–Crippen LogP) is 3.62. The lowest BCUT2D eigenvalue weighted by Crippen LogP contribution is -2.24. The van der Waals surface area contributed by atoms with E-state index in [9.17, 15) is 0 Å². The van der Waals surface area contributed by atoms with E-state index in [2.05, 4.69) is 61.3 Å². The number of likely N-dealkylation sites (N-methyl/N-ethyl adjacent to an activating group) is 1. The summed E-state index contributed by atoms with van der Waals surface area (Å²) >= 11 is 0. The normalized spacial score (nSPS) is 18.9. The van der Waals surface area contributed by atoms with E-state index in [0.29, 0.717) is 5.92 Å². The number of rotatable bonds is 2. The fourth-order valence-electron chi connectivity index (χ4n) is 3.38. The molecule has 2 nitrogen and oxygen atoms in total. The molecule has 0 fully saturated rings. The molecule has 2 heteroatoms. The number of hydrogen-bond acceptors (Lipinski definition) is 2. The van der Waals surface area contributed by atoms with Crippen molar-refractivity contribution < 1.29 is 4.74 Å². The molecule has 0 saturated carbocycles. The van der Waals surface area contributed by atoms with Gasteiger partial charge in [0.1, 0.15) is 5.75 Å². The Morgan fingerprint density at radius 2 is 1.86 bits per heavy atom. The minimum Gasteiger partial charge on any atom is -0.496 e. The van der Waals surface area contributed by atoms with Gasteiger partial charge in [-0.2, -0.15) is 0 Å². The van der Waals surface area contributed by atoms with Gasteiger partial charge in [0, 0.05) is 24.6 Å². The summed E-state index contributed by atoms with van der Waals surface area (Å²) in [5.74, 6) is 1.44. The van der Waals surface area contributed by atoms with Gasteiger partial charge in [0.05, 0.1) is 7.11 Å². The van der Waals surface area contributed by atoms with Crippen molar-refractivity contribution in [1.29, 1.82) is 0 Å². The maximum Gasteiger partial charge on any atom is 0.125 e. The van der Waals surface area contributed by atoms with Crippen LogP contribution < -0.4 is 4.74 Å². The van der Waals surface area contributed by atoms with Crippen LogP contribution in [0.15, 0.2) is 42.5 Å². The standard InChI is InChI=1S/C19H23NO/c1-14-9-10-16-11-12-20(2)13-17(18(16)19(14)21-3)15-7-5-4-6-8-15/h4-10,17H,11-13H2,1-3H3. The van der Waals surface area contributed by atoms with E-state index in [1.54, 1.807) is 7.11 Å². The molecule has 2 aromatic rings. The molecular formula is C19H23NO. The Balaban J connectivity index is 2.18. The van der Waals surface area contributed by atoms with Gasteiger partial charge in [0.2, 0.25) is 0 Å². The van der Waals surface area contributed by atoms with Gasteiger partial charge in [-0.15, -0.1) is 0 Å². The molecule has 110 valence electrons. The number of hydrogen-bond donors (Lipinski definition) is 0. The number of ether oxygens (including phenoxy) is 1. The van der Waals surface area contributed by atoms with Crippen molar-refractivity contribution in [3.63, 3.8) is 0 Å². The van der Waals surface area contributed by atoms with Crippen molar-refractivity contribution >= 4 is 0 Å². The highest BCUT2D eigenvalue weighted by atomic mass is 16.5. The minimum atomic E-state index is 0.378. The first-order valence-electron chi connectivity index (χ1n) is 7.60. The molecule has 3 rings (SSSR count). The molecule has 2 aromatic carbocycles. The molecule has 0 aromatic heterocycles. The number of methoxy groups -OCH3 is 1. The van der Waals surface area contributed by atoms with Crippen molar-refractivity contribution in [3.05, 3.63) is 64.7 Å². The second-order valence-electron chi connectivity index (χ2n) is 5.96. The fourth-order valence-corrected chi connectivity index (χ4v) is 3.38. The van der Waals surface area contributed by atoms with Gasteiger partial charge < -0.3 is 9.64 Å². The topological polar surface area (TPSA) is 12.5 Å². The smallest absolute Gasteiger partial charge is 0.125 e. The Morgan fingerprint density at radius 3 is 2.57 bits per heavy atom. The molecule has 0 saturated heterocycles. The maximum atomic E-state index is 5.77. The van der Waals surface area contributed by atoms with Crippen molar-refractivity contribution in [3.8, 4) is 5.75 Å². The average Bonchev–Trinajstić information content (AvgIpc) is 2.68. The SMILES string of the molecule is COc1c(C)ccc2c1C(c1ccccc1)CN(C)CC2. The summed E-state index contributed by atoms with van der Waals surface area (Å²) in [4.78, 5) is 2.42. The highest BCUT2D eigenvalue weighted by Gasteiger charge is 2.26. The van der Waals surface area contributed by atoms with Crippen molar-refractivity contribution in [1.82, 2.24) is 4.90 Å². The third-order valence-electron chi connectivity index (χ3n) is 4.49. The monoisotopic (exact) mass is 281 g/mol. The fraction of sp³-hybridized carbons (Fsp3) is 0.368. The van der Waals surface area contributed by atoms with Crippen LogP contribution in [-0.2, 0) is 6.42 Å². The second-order valence-corrected chi connectivity index (χ2v) is 5.96. The minimum absolute atomic E-state index is 0.378. The van der Waals surface area contributed by atoms with Gasteiger partial charge in [0.15, 0.2) is 0 Å². The highest BCUT2D eigenvalue weighted by molar-refractivity contribution is 5.52. The van der Waals surface area contributed by atoms with Crippen molar-refractivity contribution in [2.24, 2.45) is 0 Å². The third kappa shape index (κ3) is 2.68. The molecule has 21 heavy (non-hydrogen) atoms. The van der Waals surface area contributed by atoms with E-state index in [-0.39, 0.29) is 0 Å². The summed E-state index contributed by atoms with van der Waals surface area (Å²) in [6.45, 7) is 4.27. The predicted molar refractivity (Wildman–Crippen MR) is 87.2 cm³/mol. The van der Waals surface area contributed by atoms with Gasteiger partial charge in [0.25, 0.3) is 0 Å². The molecule has 1 heterocycles. The van der Waals surface area contributed by atoms with Gasteiger partial charge in [-0.1, -0.05) is 42.5 Å². The zero-order chi connectivity index (χ0) is 14.8. The van der Waals surface area contributed by atoms with Crippen LogP contribution in [0.3, 0.4) is 0 Å². The lowest BCUT2D eigenvalue weighted by Gasteiger charge is -2.24. The van der Waals surface area contributed by atoms with Gasteiger partial charge in [-0.3, -0.25) is 0 Å². The summed E-state index contributed by atoms with van der Waals surface area (Å²) in [5, 5.41) is 0. The number of benzene rings is 2. The lowest BCUT2D eigenvalue weighted by molar-refractivity contribution is 0.335. The Hall–Kier alpha value is -1.80. The van der Waals surface area contributed by atoms with Crippen molar-refractivity contribution in [2.45, 2.75) is 19.3 Å². The van der Waals surface area contributed by atoms with E-state index in [0.717, 1.165) is 25.3 Å². The maximum absolute atomic E-state index is 5.77. The Kier molecular flexibility index (Phi) is 3.98. The molecule has 0 spiro atoms. The highest BCUT2D eigenvalue weighted by Crippen LogP contribution is 2.39. The van der Waals surface area contributed by atoms with E-state index < -0.39 is 0 Å². The lowest BCUT2D eigenvalue weighted by atomic mass is 9.86. The molecule has 0 bridgehead atoms. The van der Waals surface area contributed by atoms with Crippen LogP contribution >= 0.6 is 0 Å². The summed E-state index contributed by atoms with van der Waals surface area (Å²) in [6.07, 6.45) is 1.09. The summed E-state index contributed by atoms with van der Waals surface area (Å²) in [5.41, 5.74) is 5.40. The Morgan fingerprint density at radius 1 is 1.10 bits per heavy atom. The summed E-state index contributed by atoms with van der Waals surface area (Å²) in [6, 6.07) is 15.3. The van der Waals surface area contributed by atoms with Crippen LogP contribution in [-0.4, -0.2) is 32.1 Å². The van der Waals surface area contributed by atoms with Crippen LogP contribution in [0.2, 0.25) is 0 Å². The first kappa shape index (κ1) is 14.2. The molecule has 1 atom stereocenters. The van der Waals surface area contributed by atoms with E-state index in [4.69, 9.17) is 4.74 Å². The zero-order valence-electron chi connectivity index (χ0n) is 13.1. The Labute approximate surface area is 127 Å². The number of nitrogens with zero attached hydrogens (tertiary/aromatic N) is 1. The Bertz CT molecular complexity index is 621. The van der Waals surface area contributed by atoms with E-state index >= 15 is 0 Å². The number of aryl methyl sites for hydroxylation is 1. The molecule has 0 radical (unpaired) electrons. The first-order chi connectivity index (χ1) is 10.2. The van der Waals surface area contributed by atoms with Crippen LogP contribution in [0.25, 0.3) is 0 Å². The van der Waals surface area contributed by atoms with Gasteiger partial charge >= 0.3 is 0 Å². The average molecular weight is 281 g/mol. The zero-order valence-corrected chi connectivity index (χ0v) is 13.1. The van der Waals surface area contributed by atoms with Crippen LogP contribution in [0.4, 0.5) is 0 Å². The van der Waals surface area contributed by atoms with Crippen LogP contribution in [0.1, 0.15) is 28.2 Å². The molecular weight excluding hydrogens is 258 g/mol. The molecule has 1 aliphatic heterocycles. The number of fused-ring (bicyclic) bond motifs is 1. The molecule has 0 amide bonds. The largest absolute Gasteiger partial charge is 0.496 e. The molecule has 1 unspecified atom stereocenters. The van der Waals surface area contributed by atoms with E-state index in [1.807, 2.05) is 0 Å². The van der Waals surface area contributed by atoms with E-state index in [1.165, 1.54) is 22.3 Å². The van der Waals surface area contributed by atoms with Gasteiger partial charge in [-0.25, -0.2) is 0 Å². The third-order valence-corrected chi connectivity index (χ3v) is 4.49. The van der Waals surface area contributed by atoms with Gasteiger partial charge in [-0.05, 0) is 37.1 Å². The quantitative estimate of drug-likeness (QED) is 0.833. The second kappa shape index (κ2) is 5.90. The molecule has 0 N–H and O–H groups in total. The van der Waals surface area contributed by atoms with Crippen molar-refractivity contribution in [2.75, 3.05) is 27.2 Å². The molecule has 1 aliphatic rings. The summed E-state index contributed by atoms with van der Waals surface area (Å²) < 4.78 is 5.77. The summed E-state index contributed by atoms with van der Waals surface area (Å²) in [7, 11) is 4.00.